The molecular formula is C14H9ClF2N4O. The molecule has 0 saturated carbocycles. The van der Waals surface area contributed by atoms with Crippen LogP contribution < -0.4 is 5.32 Å². The van der Waals surface area contributed by atoms with Gasteiger partial charge in [0.25, 0.3) is 5.91 Å². The van der Waals surface area contributed by atoms with Crippen molar-refractivity contribution in [2.75, 3.05) is 0 Å². The summed E-state index contributed by atoms with van der Waals surface area (Å²) in [7, 11) is 0. The molecule has 2 heterocycles. The monoisotopic (exact) mass is 322 g/mol. The molecule has 0 aliphatic rings. The molecule has 0 saturated heterocycles. The smallest absolute Gasteiger partial charge is 0.270 e. The molecule has 0 unspecified atom stereocenters. The summed E-state index contributed by atoms with van der Waals surface area (Å²) >= 11 is 5.99. The quantitative estimate of drug-likeness (QED) is 0.754. The van der Waals surface area contributed by atoms with E-state index >= 15 is 0 Å². The Hall–Kier alpha value is -2.54. The van der Waals surface area contributed by atoms with Crippen molar-refractivity contribution in [2.24, 2.45) is 0 Å². The van der Waals surface area contributed by atoms with Crippen molar-refractivity contribution in [3.8, 4) is 0 Å². The fourth-order valence-electron chi connectivity index (χ4n) is 1.91. The molecule has 8 heteroatoms. The number of benzene rings is 1. The van der Waals surface area contributed by atoms with E-state index in [2.05, 4.69) is 15.4 Å². The molecule has 2 aromatic heterocycles. The van der Waals surface area contributed by atoms with Crippen molar-refractivity contribution >= 4 is 23.2 Å². The highest BCUT2D eigenvalue weighted by Crippen LogP contribution is 2.13. The lowest BCUT2D eigenvalue weighted by atomic mass is 10.2. The molecule has 0 radical (unpaired) electrons. The Balaban J connectivity index is 1.76. The fraction of sp³-hybridized carbons (Fsp3) is 0.0714. The van der Waals surface area contributed by atoms with Crippen LogP contribution in [0, 0.1) is 11.6 Å². The number of carbonyl (C=O) groups is 1. The van der Waals surface area contributed by atoms with Crippen LogP contribution in [0.3, 0.4) is 0 Å². The molecule has 3 rings (SSSR count). The zero-order valence-corrected chi connectivity index (χ0v) is 11.8. The summed E-state index contributed by atoms with van der Waals surface area (Å²) in [5.41, 5.74) is 0.981. The molecule has 0 bridgehead atoms. The van der Waals surface area contributed by atoms with Gasteiger partial charge in [-0.15, -0.1) is 0 Å². The highest BCUT2D eigenvalue weighted by molar-refractivity contribution is 6.30. The van der Waals surface area contributed by atoms with Crippen LogP contribution in [-0.2, 0) is 6.54 Å². The number of amides is 1. The van der Waals surface area contributed by atoms with Crippen molar-refractivity contribution in [3.05, 3.63) is 64.6 Å². The first-order valence-electron chi connectivity index (χ1n) is 6.27. The molecule has 1 amide bonds. The maximum Gasteiger partial charge on any atom is 0.270 e. The van der Waals surface area contributed by atoms with Crippen molar-refractivity contribution < 1.29 is 13.6 Å². The zero-order chi connectivity index (χ0) is 15.7. The van der Waals surface area contributed by atoms with Gasteiger partial charge in [0.1, 0.15) is 10.8 Å². The number of nitrogens with one attached hydrogen (secondary N) is 1. The van der Waals surface area contributed by atoms with Gasteiger partial charge in [-0.05, 0) is 17.7 Å². The summed E-state index contributed by atoms with van der Waals surface area (Å²) in [6, 6.07) is 6.40. The summed E-state index contributed by atoms with van der Waals surface area (Å²) in [4.78, 5) is 16.2. The number of carbonyl (C=O) groups excluding carboxylic acids is 1. The van der Waals surface area contributed by atoms with Gasteiger partial charge in [-0.1, -0.05) is 17.7 Å². The lowest BCUT2D eigenvalue weighted by Gasteiger charge is -2.06. The molecule has 3 aromatic rings. The van der Waals surface area contributed by atoms with E-state index in [1.807, 2.05) is 0 Å². The number of hydrogen-bond donors (Lipinski definition) is 1. The van der Waals surface area contributed by atoms with Crippen molar-refractivity contribution in [1.29, 1.82) is 0 Å². The second-order valence-electron chi connectivity index (χ2n) is 4.50. The Bertz CT molecular complexity index is 865. The first-order valence-corrected chi connectivity index (χ1v) is 6.65. The summed E-state index contributed by atoms with van der Waals surface area (Å²) in [5.74, 6) is -2.38. The van der Waals surface area contributed by atoms with Crippen LogP contribution in [-0.4, -0.2) is 20.5 Å². The molecule has 0 aliphatic carbocycles. The van der Waals surface area contributed by atoms with Crippen LogP contribution in [0.15, 0.2) is 36.5 Å². The molecule has 112 valence electrons. The predicted octanol–water partition coefficient (Wildman–Crippen LogP) is 2.59. The number of hydrogen-bond acceptors (Lipinski definition) is 3. The lowest BCUT2D eigenvalue weighted by molar-refractivity contribution is 0.0946. The first-order chi connectivity index (χ1) is 10.5. The van der Waals surface area contributed by atoms with E-state index in [1.54, 1.807) is 6.07 Å². The van der Waals surface area contributed by atoms with E-state index < -0.39 is 17.5 Å². The van der Waals surface area contributed by atoms with Crippen LogP contribution in [0.25, 0.3) is 5.65 Å². The van der Waals surface area contributed by atoms with Gasteiger partial charge in [0.05, 0.1) is 6.20 Å². The van der Waals surface area contributed by atoms with Gasteiger partial charge in [-0.25, -0.2) is 18.3 Å². The third-order valence-corrected chi connectivity index (χ3v) is 3.25. The number of nitrogens with zero attached hydrogens (tertiary/aromatic N) is 3. The van der Waals surface area contributed by atoms with E-state index in [1.165, 1.54) is 22.8 Å². The van der Waals surface area contributed by atoms with Crippen molar-refractivity contribution in [1.82, 2.24) is 19.9 Å². The second-order valence-corrected chi connectivity index (χ2v) is 4.88. The fourth-order valence-corrected chi connectivity index (χ4v) is 2.15. The number of rotatable bonds is 3. The van der Waals surface area contributed by atoms with E-state index in [-0.39, 0.29) is 17.4 Å². The Kier molecular flexibility index (Phi) is 3.72. The van der Waals surface area contributed by atoms with E-state index in [0.717, 1.165) is 12.1 Å². The van der Waals surface area contributed by atoms with Gasteiger partial charge in [-0.2, -0.15) is 5.10 Å². The van der Waals surface area contributed by atoms with Gasteiger partial charge in [0.2, 0.25) is 0 Å². The Morgan fingerprint density at radius 2 is 2.05 bits per heavy atom. The van der Waals surface area contributed by atoms with Gasteiger partial charge >= 0.3 is 0 Å². The van der Waals surface area contributed by atoms with Gasteiger partial charge < -0.3 is 5.32 Å². The maximum absolute atomic E-state index is 13.1. The average Bonchev–Trinajstić information content (AvgIpc) is 2.97. The Labute approximate surface area is 128 Å². The summed E-state index contributed by atoms with van der Waals surface area (Å²) in [6.07, 6.45) is 1.51. The Morgan fingerprint density at radius 3 is 2.82 bits per heavy atom. The molecule has 5 nitrogen and oxygen atoms in total. The summed E-state index contributed by atoms with van der Waals surface area (Å²) in [6.45, 7) is 0.0414. The molecule has 0 spiro atoms. The number of halogens is 3. The van der Waals surface area contributed by atoms with Crippen molar-refractivity contribution in [3.63, 3.8) is 0 Å². The topological polar surface area (TPSA) is 59.3 Å². The second kappa shape index (κ2) is 5.69. The number of fused-ring (bicyclic) bond motifs is 1. The zero-order valence-electron chi connectivity index (χ0n) is 11.1. The van der Waals surface area contributed by atoms with Crippen LogP contribution in [0.4, 0.5) is 8.78 Å². The molecule has 1 aromatic carbocycles. The predicted molar refractivity (Wildman–Crippen MR) is 75.5 cm³/mol. The van der Waals surface area contributed by atoms with Crippen LogP contribution in [0.1, 0.15) is 16.1 Å². The average molecular weight is 323 g/mol. The minimum Gasteiger partial charge on any atom is -0.347 e. The Morgan fingerprint density at radius 1 is 1.23 bits per heavy atom. The molecule has 0 atom stereocenters. The van der Waals surface area contributed by atoms with Gasteiger partial charge in [0, 0.05) is 18.7 Å². The SMILES string of the molecule is O=C(NCc1ccc(F)c(F)c1)c1cc(Cl)n2nccc2n1. The third kappa shape index (κ3) is 2.75. The highest BCUT2D eigenvalue weighted by Gasteiger charge is 2.12. The van der Waals surface area contributed by atoms with Gasteiger partial charge in [0.15, 0.2) is 17.3 Å². The molecule has 0 aliphatic heterocycles. The van der Waals surface area contributed by atoms with E-state index in [9.17, 15) is 13.6 Å². The van der Waals surface area contributed by atoms with Crippen LogP contribution in [0.5, 0.6) is 0 Å². The summed E-state index contributed by atoms with van der Waals surface area (Å²) < 4.78 is 27.3. The normalized spacial score (nSPS) is 10.9. The largest absolute Gasteiger partial charge is 0.347 e. The molecule has 22 heavy (non-hydrogen) atoms. The minimum absolute atomic E-state index is 0.0414. The third-order valence-electron chi connectivity index (χ3n) is 2.99. The van der Waals surface area contributed by atoms with Gasteiger partial charge in [-0.3, -0.25) is 4.79 Å². The van der Waals surface area contributed by atoms with Crippen LogP contribution in [0.2, 0.25) is 5.15 Å². The number of aromatic nitrogens is 3. The molecule has 1 N–H and O–H groups in total. The minimum atomic E-state index is -0.964. The molecular weight excluding hydrogens is 314 g/mol. The summed E-state index contributed by atoms with van der Waals surface area (Å²) in [5, 5.41) is 6.75. The van der Waals surface area contributed by atoms with E-state index in [0.29, 0.717) is 11.2 Å². The van der Waals surface area contributed by atoms with E-state index in [4.69, 9.17) is 11.6 Å². The maximum atomic E-state index is 13.1. The van der Waals surface area contributed by atoms with Crippen molar-refractivity contribution in [2.45, 2.75) is 6.54 Å². The first kappa shape index (κ1) is 14.4. The van der Waals surface area contributed by atoms with Crippen LogP contribution >= 0.6 is 11.6 Å². The highest BCUT2D eigenvalue weighted by atomic mass is 35.5. The molecule has 0 fully saturated rings. The standard InChI is InChI=1S/C14H9ClF2N4O/c15-12-6-11(20-13-3-4-19-21(12)13)14(22)18-7-8-1-2-9(16)10(17)5-8/h1-6H,7H2,(H,18,22). The lowest BCUT2D eigenvalue weighted by Crippen LogP contribution is -2.24.